The van der Waals surface area contributed by atoms with Gasteiger partial charge in [0, 0.05) is 17.1 Å². The van der Waals surface area contributed by atoms with Gasteiger partial charge >= 0.3 is 6.03 Å². The molecule has 0 saturated heterocycles. The molecule has 3 aromatic carbocycles. The summed E-state index contributed by atoms with van der Waals surface area (Å²) in [7, 11) is 0. The lowest BCUT2D eigenvalue weighted by Gasteiger charge is -2.10. The molecular weight excluding hydrogens is 409 g/mol. The molecule has 1 heterocycles. The van der Waals surface area contributed by atoms with Crippen molar-refractivity contribution in [3.05, 3.63) is 102 Å². The number of hydrogen-bond donors (Lipinski definition) is 3. The summed E-state index contributed by atoms with van der Waals surface area (Å²) in [5, 5.41) is 12.5. The van der Waals surface area contributed by atoms with Crippen LogP contribution in [-0.4, -0.2) is 21.7 Å². The Morgan fingerprint density at radius 2 is 1.44 bits per heavy atom. The van der Waals surface area contributed by atoms with Crippen LogP contribution in [0, 0.1) is 12.7 Å². The van der Waals surface area contributed by atoms with E-state index in [0.717, 1.165) is 0 Å². The first-order valence-corrected chi connectivity index (χ1v) is 9.84. The van der Waals surface area contributed by atoms with E-state index >= 15 is 0 Å². The van der Waals surface area contributed by atoms with Crippen LogP contribution in [0.2, 0.25) is 0 Å². The minimum absolute atomic E-state index is 0.345. The van der Waals surface area contributed by atoms with E-state index in [1.807, 2.05) is 18.2 Å². The SMILES string of the molecule is Cc1c(C(=O)Nc2cccc(NC(=O)Nc3ccccc3)c2)cnn1-c1ccc(F)cc1. The number of amides is 3. The number of rotatable bonds is 5. The highest BCUT2D eigenvalue weighted by atomic mass is 19.1. The van der Waals surface area contributed by atoms with Crippen molar-refractivity contribution < 1.29 is 14.0 Å². The van der Waals surface area contributed by atoms with Crippen LogP contribution in [0.1, 0.15) is 16.1 Å². The average molecular weight is 429 g/mol. The molecule has 0 fully saturated rings. The highest BCUT2D eigenvalue weighted by Gasteiger charge is 2.16. The Kier molecular flexibility index (Phi) is 5.94. The Morgan fingerprint density at radius 1 is 0.812 bits per heavy atom. The molecule has 0 aliphatic carbocycles. The monoisotopic (exact) mass is 429 g/mol. The van der Waals surface area contributed by atoms with Gasteiger partial charge in [-0.15, -0.1) is 0 Å². The van der Waals surface area contributed by atoms with Crippen molar-refractivity contribution in [3.8, 4) is 5.69 Å². The minimum atomic E-state index is -0.393. The van der Waals surface area contributed by atoms with E-state index in [1.54, 1.807) is 60.1 Å². The van der Waals surface area contributed by atoms with Gasteiger partial charge in [-0.05, 0) is 61.5 Å². The van der Waals surface area contributed by atoms with Crippen molar-refractivity contribution in [2.24, 2.45) is 0 Å². The van der Waals surface area contributed by atoms with Gasteiger partial charge in [0.1, 0.15) is 5.82 Å². The Hall–Kier alpha value is -4.46. The van der Waals surface area contributed by atoms with Crippen LogP contribution in [0.15, 0.2) is 85.1 Å². The lowest BCUT2D eigenvalue weighted by atomic mass is 10.2. The number of para-hydroxylation sites is 1. The fraction of sp³-hybridized carbons (Fsp3) is 0.0417. The molecular formula is C24H20FN5O2. The van der Waals surface area contributed by atoms with E-state index in [2.05, 4.69) is 21.0 Å². The topological polar surface area (TPSA) is 88.1 Å². The van der Waals surface area contributed by atoms with E-state index < -0.39 is 6.03 Å². The van der Waals surface area contributed by atoms with Crippen molar-refractivity contribution in [1.29, 1.82) is 0 Å². The number of carbonyl (C=O) groups is 2. The number of carbonyl (C=O) groups excluding carboxylic acids is 2. The lowest BCUT2D eigenvalue weighted by Crippen LogP contribution is -2.19. The molecule has 0 radical (unpaired) electrons. The molecule has 160 valence electrons. The van der Waals surface area contributed by atoms with Gasteiger partial charge in [0.25, 0.3) is 5.91 Å². The molecule has 0 saturated carbocycles. The third kappa shape index (κ3) is 4.81. The Morgan fingerprint density at radius 3 is 2.16 bits per heavy atom. The number of halogens is 1. The maximum atomic E-state index is 13.2. The van der Waals surface area contributed by atoms with Gasteiger partial charge in [-0.1, -0.05) is 24.3 Å². The Bertz CT molecular complexity index is 1250. The second-order valence-electron chi connectivity index (χ2n) is 7.01. The van der Waals surface area contributed by atoms with Crippen LogP contribution in [-0.2, 0) is 0 Å². The van der Waals surface area contributed by atoms with E-state index in [4.69, 9.17) is 0 Å². The average Bonchev–Trinajstić information content (AvgIpc) is 3.16. The van der Waals surface area contributed by atoms with Gasteiger partial charge in [-0.3, -0.25) is 4.79 Å². The van der Waals surface area contributed by atoms with Crippen LogP contribution in [0.4, 0.5) is 26.2 Å². The molecule has 0 aliphatic rings. The summed E-state index contributed by atoms with van der Waals surface area (Å²) in [5.74, 6) is -0.691. The minimum Gasteiger partial charge on any atom is -0.322 e. The largest absolute Gasteiger partial charge is 0.323 e. The normalized spacial score (nSPS) is 10.4. The fourth-order valence-electron chi connectivity index (χ4n) is 3.16. The molecule has 4 rings (SSSR count). The molecule has 0 unspecified atom stereocenters. The molecule has 0 aliphatic heterocycles. The zero-order valence-electron chi connectivity index (χ0n) is 17.2. The van der Waals surface area contributed by atoms with Gasteiger partial charge in [0.15, 0.2) is 0 Å². The van der Waals surface area contributed by atoms with Crippen molar-refractivity contribution in [1.82, 2.24) is 9.78 Å². The summed E-state index contributed by atoms with van der Waals surface area (Å²) < 4.78 is 14.7. The highest BCUT2D eigenvalue weighted by Crippen LogP contribution is 2.19. The number of nitrogens with one attached hydrogen (secondary N) is 3. The predicted octanol–water partition coefficient (Wildman–Crippen LogP) is 5.22. The summed E-state index contributed by atoms with van der Waals surface area (Å²) in [6, 6.07) is 21.4. The highest BCUT2D eigenvalue weighted by molar-refractivity contribution is 6.05. The number of hydrogen-bond acceptors (Lipinski definition) is 3. The summed E-state index contributed by atoms with van der Waals surface area (Å²) in [6.07, 6.45) is 1.46. The van der Waals surface area contributed by atoms with Crippen LogP contribution in [0.5, 0.6) is 0 Å². The first kappa shape index (κ1) is 20.8. The molecule has 0 atom stereocenters. The standard InChI is InChI=1S/C24H20FN5O2/c1-16-22(15-26-30(16)21-12-10-17(25)11-13-21)23(31)27-19-8-5-9-20(14-19)29-24(32)28-18-6-3-2-4-7-18/h2-15H,1H3,(H,27,31)(H2,28,29,32). The first-order chi connectivity index (χ1) is 15.5. The molecule has 4 aromatic rings. The van der Waals surface area contributed by atoms with Crippen molar-refractivity contribution in [2.45, 2.75) is 6.92 Å². The fourth-order valence-corrected chi connectivity index (χ4v) is 3.16. The van der Waals surface area contributed by atoms with E-state index in [0.29, 0.717) is 34.0 Å². The van der Waals surface area contributed by atoms with Crippen molar-refractivity contribution in [2.75, 3.05) is 16.0 Å². The van der Waals surface area contributed by atoms with Crippen molar-refractivity contribution >= 4 is 29.0 Å². The number of benzene rings is 3. The van der Waals surface area contributed by atoms with Crippen LogP contribution < -0.4 is 16.0 Å². The van der Waals surface area contributed by atoms with Gasteiger partial charge in [0.05, 0.1) is 23.1 Å². The van der Waals surface area contributed by atoms with Crippen molar-refractivity contribution in [3.63, 3.8) is 0 Å². The first-order valence-electron chi connectivity index (χ1n) is 9.84. The van der Waals surface area contributed by atoms with Crippen LogP contribution in [0.25, 0.3) is 5.69 Å². The van der Waals surface area contributed by atoms with Gasteiger partial charge in [-0.2, -0.15) is 5.10 Å². The molecule has 1 aromatic heterocycles. The van der Waals surface area contributed by atoms with E-state index in [-0.39, 0.29) is 11.7 Å². The number of aromatic nitrogens is 2. The van der Waals surface area contributed by atoms with Crippen LogP contribution in [0.3, 0.4) is 0 Å². The molecule has 8 heteroatoms. The second kappa shape index (κ2) is 9.13. The van der Waals surface area contributed by atoms with E-state index in [1.165, 1.54) is 18.3 Å². The Labute approximate surface area is 183 Å². The lowest BCUT2D eigenvalue weighted by molar-refractivity contribution is 0.102. The number of anilines is 3. The zero-order chi connectivity index (χ0) is 22.5. The number of urea groups is 1. The molecule has 0 spiro atoms. The summed E-state index contributed by atoms with van der Waals surface area (Å²) >= 11 is 0. The molecule has 32 heavy (non-hydrogen) atoms. The Balaban J connectivity index is 1.44. The molecule has 3 N–H and O–H groups in total. The molecule has 7 nitrogen and oxygen atoms in total. The number of nitrogens with zero attached hydrogens (tertiary/aromatic N) is 2. The maximum Gasteiger partial charge on any atom is 0.323 e. The predicted molar refractivity (Wildman–Crippen MR) is 122 cm³/mol. The molecule has 3 amide bonds. The van der Waals surface area contributed by atoms with E-state index in [9.17, 15) is 14.0 Å². The van der Waals surface area contributed by atoms with Gasteiger partial charge in [0.2, 0.25) is 0 Å². The summed E-state index contributed by atoms with van der Waals surface area (Å²) in [4.78, 5) is 25.0. The van der Waals surface area contributed by atoms with Gasteiger partial charge in [-0.25, -0.2) is 13.9 Å². The quantitative estimate of drug-likeness (QED) is 0.407. The molecule has 0 bridgehead atoms. The summed E-state index contributed by atoms with van der Waals surface area (Å²) in [5.41, 5.74) is 3.36. The zero-order valence-corrected chi connectivity index (χ0v) is 17.2. The van der Waals surface area contributed by atoms with Crippen LogP contribution >= 0.6 is 0 Å². The third-order valence-electron chi connectivity index (χ3n) is 4.74. The van der Waals surface area contributed by atoms with Gasteiger partial charge < -0.3 is 16.0 Å². The maximum absolute atomic E-state index is 13.2. The second-order valence-corrected chi connectivity index (χ2v) is 7.01. The summed E-state index contributed by atoms with van der Waals surface area (Å²) in [6.45, 7) is 1.76. The smallest absolute Gasteiger partial charge is 0.322 e. The third-order valence-corrected chi connectivity index (χ3v) is 4.74.